The second kappa shape index (κ2) is 6.03. The quantitative estimate of drug-likeness (QED) is 0.423. The number of hydrogen-bond acceptors (Lipinski definition) is 3. The first-order valence-electron chi connectivity index (χ1n) is 4.47. The van der Waals surface area contributed by atoms with Gasteiger partial charge in [0.05, 0.1) is 13.2 Å². The van der Waals surface area contributed by atoms with Crippen LogP contribution in [0.3, 0.4) is 0 Å². The van der Waals surface area contributed by atoms with Crippen LogP contribution in [0.5, 0.6) is 0 Å². The molecule has 1 rings (SSSR count). The molecule has 0 fully saturated rings. The first kappa shape index (κ1) is 11.5. The molecule has 0 atom stereocenters. The van der Waals surface area contributed by atoms with Gasteiger partial charge in [-0.15, -0.1) is 0 Å². The Bertz CT molecular complexity index is 349. The van der Waals surface area contributed by atoms with Crippen molar-refractivity contribution in [3.8, 4) is 0 Å². The number of ether oxygens (including phenoxy) is 2. The molecule has 5 nitrogen and oxygen atoms in total. The van der Waals surface area contributed by atoms with Gasteiger partial charge in [0.15, 0.2) is 0 Å². The van der Waals surface area contributed by atoms with E-state index in [0.29, 0.717) is 18.9 Å². The molecule has 0 amide bonds. The molecule has 0 aliphatic carbocycles. The summed E-state index contributed by atoms with van der Waals surface area (Å²) in [5.74, 6) is 0. The van der Waals surface area contributed by atoms with Gasteiger partial charge in [0.25, 0.3) is 0 Å². The highest BCUT2D eigenvalue weighted by molar-refractivity contribution is 5.52. The Kier molecular flexibility index (Phi) is 4.63. The maximum atomic E-state index is 8.48. The van der Waals surface area contributed by atoms with Crippen molar-refractivity contribution < 1.29 is 9.47 Å². The lowest BCUT2D eigenvalue weighted by Gasteiger charge is -2.09. The van der Waals surface area contributed by atoms with Crippen molar-refractivity contribution in [2.24, 2.45) is 5.11 Å². The van der Waals surface area contributed by atoms with Crippen LogP contribution in [0.4, 0.5) is 5.69 Å². The topological polar surface area (TPSA) is 67.2 Å². The van der Waals surface area contributed by atoms with Crippen molar-refractivity contribution in [2.45, 2.75) is 13.2 Å². The Hall–Kier alpha value is -1.55. The van der Waals surface area contributed by atoms with E-state index in [1.807, 2.05) is 18.2 Å². The molecule has 5 heteroatoms. The van der Waals surface area contributed by atoms with E-state index < -0.39 is 0 Å². The van der Waals surface area contributed by atoms with E-state index in [-0.39, 0.29) is 0 Å². The fraction of sp³-hybridized carbons (Fsp3) is 0.400. The van der Waals surface area contributed by atoms with Crippen LogP contribution in [-0.4, -0.2) is 14.2 Å². The number of benzene rings is 1. The van der Waals surface area contributed by atoms with E-state index in [2.05, 4.69) is 10.0 Å². The van der Waals surface area contributed by atoms with Crippen LogP contribution in [0.2, 0.25) is 0 Å². The maximum absolute atomic E-state index is 8.48. The van der Waals surface area contributed by atoms with Crippen molar-refractivity contribution in [2.75, 3.05) is 14.2 Å². The average Bonchev–Trinajstić information content (AvgIpc) is 2.23. The van der Waals surface area contributed by atoms with E-state index in [1.54, 1.807) is 14.2 Å². The summed E-state index contributed by atoms with van der Waals surface area (Å²) in [6.45, 7) is 0.845. The molecule has 15 heavy (non-hydrogen) atoms. The number of azide groups is 1. The normalized spacial score (nSPS) is 9.73. The van der Waals surface area contributed by atoms with Gasteiger partial charge in [-0.3, -0.25) is 0 Å². The molecule has 0 aromatic heterocycles. The predicted octanol–water partition coefficient (Wildman–Crippen LogP) is 2.92. The van der Waals surface area contributed by atoms with Gasteiger partial charge < -0.3 is 9.47 Å². The van der Waals surface area contributed by atoms with Crippen LogP contribution in [0.1, 0.15) is 11.1 Å². The van der Waals surface area contributed by atoms with Gasteiger partial charge in [0.1, 0.15) is 0 Å². The highest BCUT2D eigenvalue weighted by Crippen LogP contribution is 2.26. The number of nitrogens with zero attached hydrogens (tertiary/aromatic N) is 3. The summed E-state index contributed by atoms with van der Waals surface area (Å²) >= 11 is 0. The fourth-order valence-corrected chi connectivity index (χ4v) is 1.36. The van der Waals surface area contributed by atoms with Gasteiger partial charge in [-0.2, -0.15) is 0 Å². The zero-order chi connectivity index (χ0) is 11.1. The molecular weight excluding hydrogens is 194 g/mol. The van der Waals surface area contributed by atoms with Crippen LogP contribution in [0, 0.1) is 0 Å². The summed E-state index contributed by atoms with van der Waals surface area (Å²) in [6.07, 6.45) is 0. The molecule has 0 unspecified atom stereocenters. The van der Waals surface area contributed by atoms with E-state index >= 15 is 0 Å². The zero-order valence-corrected chi connectivity index (χ0v) is 8.80. The molecule has 0 bridgehead atoms. The minimum absolute atomic E-state index is 0.423. The van der Waals surface area contributed by atoms with Crippen LogP contribution in [-0.2, 0) is 22.7 Å². The molecule has 1 aromatic rings. The standard InChI is InChI=1S/C10H13N3O2/c1-14-6-8-4-3-5-9(7-15-2)10(8)12-13-11/h3-5H,6-7H2,1-2H3. The summed E-state index contributed by atoms with van der Waals surface area (Å²) < 4.78 is 10.0. The molecule has 0 heterocycles. The molecular formula is C10H13N3O2. The molecule has 80 valence electrons. The van der Waals surface area contributed by atoms with Gasteiger partial charge in [-0.1, -0.05) is 23.3 Å². The van der Waals surface area contributed by atoms with Crippen LogP contribution in [0.25, 0.3) is 10.4 Å². The van der Waals surface area contributed by atoms with Crippen molar-refractivity contribution in [1.29, 1.82) is 0 Å². The van der Waals surface area contributed by atoms with Crippen LogP contribution < -0.4 is 0 Å². The average molecular weight is 207 g/mol. The third kappa shape index (κ3) is 2.95. The summed E-state index contributed by atoms with van der Waals surface area (Å²) in [5, 5.41) is 3.66. The Morgan fingerprint density at radius 3 is 2.13 bits per heavy atom. The second-order valence-corrected chi connectivity index (χ2v) is 2.98. The lowest BCUT2D eigenvalue weighted by molar-refractivity contribution is 0.181. The third-order valence-electron chi connectivity index (χ3n) is 1.95. The van der Waals surface area contributed by atoms with Crippen molar-refractivity contribution >= 4 is 5.69 Å². The van der Waals surface area contributed by atoms with E-state index in [0.717, 1.165) is 11.1 Å². The summed E-state index contributed by atoms with van der Waals surface area (Å²) in [4.78, 5) is 2.81. The maximum Gasteiger partial charge on any atom is 0.0717 e. The first-order chi connectivity index (χ1) is 7.33. The van der Waals surface area contributed by atoms with Gasteiger partial charge >= 0.3 is 0 Å². The van der Waals surface area contributed by atoms with E-state index in [4.69, 9.17) is 15.0 Å². The fourth-order valence-electron chi connectivity index (χ4n) is 1.36. The Morgan fingerprint density at radius 2 is 1.73 bits per heavy atom. The third-order valence-corrected chi connectivity index (χ3v) is 1.95. The molecule has 0 N–H and O–H groups in total. The lowest BCUT2D eigenvalue weighted by Crippen LogP contribution is -1.94. The molecule has 1 aromatic carbocycles. The minimum Gasteiger partial charge on any atom is -0.380 e. The molecule has 0 aliphatic heterocycles. The van der Waals surface area contributed by atoms with Crippen LogP contribution in [0.15, 0.2) is 23.3 Å². The van der Waals surface area contributed by atoms with Gasteiger partial charge in [0, 0.05) is 24.8 Å². The predicted molar refractivity (Wildman–Crippen MR) is 56.7 cm³/mol. The van der Waals surface area contributed by atoms with Crippen molar-refractivity contribution in [3.63, 3.8) is 0 Å². The highest BCUT2D eigenvalue weighted by atomic mass is 16.5. The van der Waals surface area contributed by atoms with Gasteiger partial charge in [-0.05, 0) is 16.7 Å². The first-order valence-corrected chi connectivity index (χ1v) is 4.47. The minimum atomic E-state index is 0.423. The smallest absolute Gasteiger partial charge is 0.0717 e. The monoisotopic (exact) mass is 207 g/mol. The molecule has 0 aliphatic rings. The number of hydrogen-bond donors (Lipinski definition) is 0. The molecule has 0 radical (unpaired) electrons. The molecule has 0 saturated carbocycles. The van der Waals surface area contributed by atoms with E-state index in [9.17, 15) is 0 Å². The summed E-state index contributed by atoms with van der Waals surface area (Å²) in [6, 6.07) is 5.62. The Labute approximate surface area is 88.3 Å². The van der Waals surface area contributed by atoms with Crippen molar-refractivity contribution in [1.82, 2.24) is 0 Å². The van der Waals surface area contributed by atoms with Gasteiger partial charge in [0.2, 0.25) is 0 Å². The van der Waals surface area contributed by atoms with E-state index in [1.165, 1.54) is 0 Å². The summed E-state index contributed by atoms with van der Waals surface area (Å²) in [5.41, 5.74) is 10.8. The zero-order valence-electron chi connectivity index (χ0n) is 8.80. The molecule has 0 spiro atoms. The van der Waals surface area contributed by atoms with Crippen LogP contribution >= 0.6 is 0 Å². The second-order valence-electron chi connectivity index (χ2n) is 2.98. The van der Waals surface area contributed by atoms with Gasteiger partial charge in [-0.25, -0.2) is 0 Å². The highest BCUT2D eigenvalue weighted by Gasteiger charge is 2.05. The molecule has 0 saturated heterocycles. The Balaban J connectivity index is 3.14. The Morgan fingerprint density at radius 1 is 1.20 bits per heavy atom. The number of methoxy groups -OCH3 is 2. The SMILES string of the molecule is COCc1cccc(COC)c1N=[N+]=[N-]. The summed E-state index contributed by atoms with van der Waals surface area (Å²) in [7, 11) is 3.20. The van der Waals surface area contributed by atoms with Crippen molar-refractivity contribution in [3.05, 3.63) is 39.8 Å². The largest absolute Gasteiger partial charge is 0.380 e. The number of rotatable bonds is 5. The lowest BCUT2D eigenvalue weighted by atomic mass is 10.1.